The van der Waals surface area contributed by atoms with Gasteiger partial charge in [-0.05, 0) is 75.8 Å². The monoisotopic (exact) mass is 771 g/mol. The molecule has 274 valence electrons. The lowest BCUT2D eigenvalue weighted by atomic mass is 9.97. The van der Waals surface area contributed by atoms with Gasteiger partial charge in [-0.3, -0.25) is 0 Å². The predicted molar refractivity (Wildman–Crippen MR) is 244 cm³/mol. The Balaban J connectivity index is 1.01. The molecule has 0 fully saturated rings. The topological polar surface area (TPSA) is 65.0 Å². The summed E-state index contributed by atoms with van der Waals surface area (Å²) in [6, 6.07) is 61.6. The third kappa shape index (κ3) is 5.00. The zero-order chi connectivity index (χ0) is 38.6. The maximum absolute atomic E-state index is 6.78. The Morgan fingerprint density at radius 3 is 1.86 bits per heavy atom. The minimum Gasteiger partial charge on any atom is -0.456 e. The Labute approximate surface area is 340 Å². The Morgan fingerprint density at radius 2 is 0.966 bits per heavy atom. The molecule has 0 aliphatic heterocycles. The number of thiophene rings is 1. The second kappa shape index (κ2) is 12.4. The molecule has 0 aliphatic rings. The fourth-order valence-corrected chi connectivity index (χ4v) is 10.0. The second-order valence-corrected chi connectivity index (χ2v) is 16.2. The molecular formula is C53H29N3O2S. The highest BCUT2D eigenvalue weighted by Gasteiger charge is 2.21. The molecule has 0 atom stereocenters. The molecule has 4 aromatic heterocycles. The average Bonchev–Trinajstić information content (AvgIpc) is 3.99. The van der Waals surface area contributed by atoms with Crippen LogP contribution in [0.25, 0.3) is 131 Å². The standard InChI is InChI=1S/C53H29N3O2S/c1-2-11-32-27-33(20-19-30(32)9-1)36-14-8-17-44-48(36)42-26-23-34(28-45(42)57-44)51-54-52(35-22-24-39-38-13-5-6-18-46(38)59-47(39)29-35)56-53(55-51)43-16-7-15-40-41-25-21-31-10-3-4-12-37(31)49(41)58-50(40)43/h1-29H. The van der Waals surface area contributed by atoms with Gasteiger partial charge < -0.3 is 8.83 Å². The summed E-state index contributed by atoms with van der Waals surface area (Å²) in [5.74, 6) is 1.68. The minimum absolute atomic E-state index is 0.540. The third-order valence-corrected chi connectivity index (χ3v) is 12.9. The molecule has 0 saturated heterocycles. The van der Waals surface area contributed by atoms with Crippen LogP contribution >= 0.6 is 11.3 Å². The summed E-state index contributed by atoms with van der Waals surface area (Å²) in [7, 11) is 0. The predicted octanol–water partition coefficient (Wildman–Crippen LogP) is 15.0. The van der Waals surface area contributed by atoms with Crippen molar-refractivity contribution in [3.63, 3.8) is 0 Å². The van der Waals surface area contributed by atoms with E-state index in [0.29, 0.717) is 17.5 Å². The number of furan rings is 2. The first kappa shape index (κ1) is 32.4. The van der Waals surface area contributed by atoms with Gasteiger partial charge in [-0.25, -0.2) is 15.0 Å². The second-order valence-electron chi connectivity index (χ2n) is 15.1. The lowest BCUT2D eigenvalue weighted by molar-refractivity contribution is 0.669. The summed E-state index contributed by atoms with van der Waals surface area (Å²) in [6.07, 6.45) is 0. The molecule has 0 amide bonds. The molecule has 0 saturated carbocycles. The van der Waals surface area contributed by atoms with Gasteiger partial charge in [0.25, 0.3) is 0 Å². The van der Waals surface area contributed by atoms with Crippen molar-refractivity contribution >= 4 is 96.9 Å². The summed E-state index contributed by atoms with van der Waals surface area (Å²) in [6.45, 7) is 0. The number of hydrogen-bond acceptors (Lipinski definition) is 6. The van der Waals surface area contributed by atoms with Crippen molar-refractivity contribution in [1.82, 2.24) is 15.0 Å². The van der Waals surface area contributed by atoms with E-state index in [1.54, 1.807) is 11.3 Å². The molecule has 0 radical (unpaired) electrons. The van der Waals surface area contributed by atoms with E-state index in [-0.39, 0.29) is 0 Å². The first-order chi connectivity index (χ1) is 29.2. The van der Waals surface area contributed by atoms with Gasteiger partial charge in [0, 0.05) is 58.2 Å². The first-order valence-corrected chi connectivity index (χ1v) is 20.5. The van der Waals surface area contributed by atoms with Gasteiger partial charge in [0.2, 0.25) is 0 Å². The van der Waals surface area contributed by atoms with Crippen LogP contribution in [0.15, 0.2) is 185 Å². The van der Waals surface area contributed by atoms with Crippen LogP contribution < -0.4 is 0 Å². The van der Waals surface area contributed by atoms with E-state index < -0.39 is 0 Å². The van der Waals surface area contributed by atoms with Gasteiger partial charge in [-0.15, -0.1) is 11.3 Å². The van der Waals surface area contributed by atoms with E-state index in [1.807, 2.05) is 12.1 Å². The highest BCUT2D eigenvalue weighted by molar-refractivity contribution is 7.25. The fraction of sp³-hybridized carbons (Fsp3) is 0. The molecular weight excluding hydrogens is 743 g/mol. The van der Waals surface area contributed by atoms with E-state index in [9.17, 15) is 0 Å². The fourth-order valence-electron chi connectivity index (χ4n) is 8.88. The molecule has 0 N–H and O–H groups in total. The van der Waals surface area contributed by atoms with Gasteiger partial charge in [-0.1, -0.05) is 127 Å². The van der Waals surface area contributed by atoms with E-state index in [1.165, 1.54) is 30.9 Å². The molecule has 6 heteroatoms. The summed E-state index contributed by atoms with van der Waals surface area (Å²) >= 11 is 1.78. The average molecular weight is 772 g/mol. The molecule has 13 aromatic rings. The van der Waals surface area contributed by atoms with Crippen LogP contribution in [0.4, 0.5) is 0 Å². The van der Waals surface area contributed by atoms with Crippen molar-refractivity contribution in [2.45, 2.75) is 0 Å². The zero-order valence-corrected chi connectivity index (χ0v) is 32.1. The number of para-hydroxylation sites is 1. The van der Waals surface area contributed by atoms with E-state index in [0.717, 1.165) is 82.5 Å². The van der Waals surface area contributed by atoms with Crippen LogP contribution in [0.2, 0.25) is 0 Å². The lowest BCUT2D eigenvalue weighted by Crippen LogP contribution is -2.00. The van der Waals surface area contributed by atoms with Gasteiger partial charge in [0.15, 0.2) is 17.5 Å². The van der Waals surface area contributed by atoms with Crippen molar-refractivity contribution in [2.75, 3.05) is 0 Å². The molecule has 59 heavy (non-hydrogen) atoms. The highest BCUT2D eigenvalue weighted by Crippen LogP contribution is 2.42. The van der Waals surface area contributed by atoms with Crippen molar-refractivity contribution in [3.8, 4) is 45.3 Å². The maximum Gasteiger partial charge on any atom is 0.167 e. The summed E-state index contributed by atoms with van der Waals surface area (Å²) in [4.78, 5) is 15.6. The Bertz CT molecular complexity index is 3870. The number of benzene rings is 9. The number of nitrogens with zero attached hydrogens (tertiary/aromatic N) is 3. The van der Waals surface area contributed by atoms with Gasteiger partial charge in [0.1, 0.15) is 22.3 Å². The molecule has 0 aliphatic carbocycles. The molecule has 0 spiro atoms. The van der Waals surface area contributed by atoms with Crippen molar-refractivity contribution in [2.24, 2.45) is 0 Å². The molecule has 13 rings (SSSR count). The van der Waals surface area contributed by atoms with Crippen LogP contribution in [0.1, 0.15) is 0 Å². The SMILES string of the molecule is c1ccc2cc(-c3cccc4oc5cc(-c6nc(-c7ccc8c(c7)sc7ccccc78)nc(-c7cccc8c7oc7c9ccccc9ccc87)n6)ccc5c34)ccc2c1. The highest BCUT2D eigenvalue weighted by atomic mass is 32.1. The smallest absolute Gasteiger partial charge is 0.167 e. The van der Waals surface area contributed by atoms with Gasteiger partial charge in [0.05, 0.1) is 5.56 Å². The van der Waals surface area contributed by atoms with Crippen molar-refractivity contribution in [3.05, 3.63) is 176 Å². The minimum atomic E-state index is 0.540. The normalized spacial score (nSPS) is 12.1. The summed E-state index contributed by atoms with van der Waals surface area (Å²) < 4.78 is 15.8. The summed E-state index contributed by atoms with van der Waals surface area (Å²) in [5, 5.41) is 11.3. The molecule has 0 bridgehead atoms. The van der Waals surface area contributed by atoms with Crippen LogP contribution in [0, 0.1) is 0 Å². The molecule has 9 aromatic carbocycles. The zero-order valence-electron chi connectivity index (χ0n) is 31.3. The Kier molecular flexibility index (Phi) is 6.82. The van der Waals surface area contributed by atoms with Crippen LogP contribution in [-0.4, -0.2) is 15.0 Å². The van der Waals surface area contributed by atoms with E-state index in [2.05, 4.69) is 164 Å². The summed E-state index contributed by atoms with van der Waals surface area (Å²) in [5.41, 5.74) is 8.04. The molecule has 0 unspecified atom stereocenters. The number of rotatable bonds is 4. The maximum atomic E-state index is 6.78. The molecule has 5 nitrogen and oxygen atoms in total. The van der Waals surface area contributed by atoms with E-state index >= 15 is 0 Å². The van der Waals surface area contributed by atoms with Crippen LogP contribution in [-0.2, 0) is 0 Å². The van der Waals surface area contributed by atoms with Gasteiger partial charge in [-0.2, -0.15) is 0 Å². The number of fused-ring (bicyclic) bond motifs is 12. The Morgan fingerprint density at radius 1 is 0.339 bits per heavy atom. The third-order valence-electron chi connectivity index (χ3n) is 11.7. The molecule has 4 heterocycles. The van der Waals surface area contributed by atoms with E-state index in [4.69, 9.17) is 23.8 Å². The number of aromatic nitrogens is 3. The van der Waals surface area contributed by atoms with Crippen LogP contribution in [0.5, 0.6) is 0 Å². The quantitative estimate of drug-likeness (QED) is 0.178. The van der Waals surface area contributed by atoms with Crippen LogP contribution in [0.3, 0.4) is 0 Å². The first-order valence-electron chi connectivity index (χ1n) is 19.7. The largest absolute Gasteiger partial charge is 0.456 e. The van der Waals surface area contributed by atoms with Crippen molar-refractivity contribution in [1.29, 1.82) is 0 Å². The van der Waals surface area contributed by atoms with Gasteiger partial charge >= 0.3 is 0 Å². The number of hydrogen-bond donors (Lipinski definition) is 0. The van der Waals surface area contributed by atoms with Crippen molar-refractivity contribution < 1.29 is 8.83 Å². The Hall–Kier alpha value is -7.67. The lowest BCUT2D eigenvalue weighted by Gasteiger charge is -2.09.